The van der Waals surface area contributed by atoms with Gasteiger partial charge in [0.15, 0.2) is 11.5 Å². The van der Waals surface area contributed by atoms with E-state index in [1.807, 2.05) is 24.4 Å². The lowest BCUT2D eigenvalue weighted by Gasteiger charge is -2.07. The lowest BCUT2D eigenvalue weighted by atomic mass is 10.2. The third-order valence-electron chi connectivity index (χ3n) is 1.89. The van der Waals surface area contributed by atoms with Gasteiger partial charge >= 0.3 is 0 Å². The smallest absolute Gasteiger partial charge is 0.162 e. The zero-order valence-electron chi connectivity index (χ0n) is 9.65. The molecule has 0 radical (unpaired) electrons. The normalized spacial score (nSPS) is 11.0. The van der Waals surface area contributed by atoms with Gasteiger partial charge in [-0.05, 0) is 18.1 Å². The third kappa shape index (κ3) is 3.27. The molecule has 0 unspecified atom stereocenters. The van der Waals surface area contributed by atoms with Crippen LogP contribution in [-0.2, 0) is 0 Å². The Kier molecular flexibility index (Phi) is 4.16. The minimum Gasteiger partial charge on any atom is -0.493 e. The summed E-state index contributed by atoms with van der Waals surface area (Å²) in [4.78, 5) is 4.33. The largest absolute Gasteiger partial charge is 0.493 e. The van der Waals surface area contributed by atoms with Crippen LogP contribution in [0.15, 0.2) is 23.2 Å². The first-order valence-corrected chi connectivity index (χ1v) is 4.93. The molecule has 0 amide bonds. The predicted molar refractivity (Wildman–Crippen MR) is 62.5 cm³/mol. The van der Waals surface area contributed by atoms with E-state index in [0.717, 1.165) is 11.4 Å². The minimum atomic E-state index is 0.443. The van der Waals surface area contributed by atoms with Gasteiger partial charge in [0, 0.05) is 12.3 Å². The van der Waals surface area contributed by atoms with Crippen molar-refractivity contribution in [2.24, 2.45) is 10.9 Å². The number of hydrogen-bond acceptors (Lipinski definition) is 3. The van der Waals surface area contributed by atoms with E-state index < -0.39 is 0 Å². The standard InChI is InChI=1S/C12H17NO2/c1-9(2)8-13-10-5-6-11(14-3)12(7-10)15-4/h5-9H,1-4H3. The van der Waals surface area contributed by atoms with E-state index in [4.69, 9.17) is 9.47 Å². The summed E-state index contributed by atoms with van der Waals surface area (Å²) in [5.74, 6) is 1.87. The van der Waals surface area contributed by atoms with Crippen molar-refractivity contribution in [3.05, 3.63) is 18.2 Å². The Morgan fingerprint density at radius 3 is 2.33 bits per heavy atom. The SMILES string of the molecule is COc1ccc(N=CC(C)C)cc1OC. The lowest BCUT2D eigenvalue weighted by molar-refractivity contribution is 0.355. The topological polar surface area (TPSA) is 30.8 Å². The van der Waals surface area contributed by atoms with E-state index in [0.29, 0.717) is 11.7 Å². The first kappa shape index (κ1) is 11.6. The van der Waals surface area contributed by atoms with Crippen LogP contribution in [-0.4, -0.2) is 20.4 Å². The van der Waals surface area contributed by atoms with Crippen molar-refractivity contribution >= 4 is 11.9 Å². The molecule has 0 heterocycles. The Labute approximate surface area is 90.7 Å². The molecule has 0 aliphatic carbocycles. The molecule has 0 atom stereocenters. The molecule has 0 fully saturated rings. The van der Waals surface area contributed by atoms with E-state index in [1.54, 1.807) is 14.2 Å². The molecule has 0 aliphatic heterocycles. The fourth-order valence-electron chi connectivity index (χ4n) is 1.14. The van der Waals surface area contributed by atoms with E-state index in [9.17, 15) is 0 Å². The van der Waals surface area contributed by atoms with Gasteiger partial charge in [0.25, 0.3) is 0 Å². The second-order valence-corrected chi connectivity index (χ2v) is 3.56. The van der Waals surface area contributed by atoms with Crippen molar-refractivity contribution in [1.29, 1.82) is 0 Å². The van der Waals surface area contributed by atoms with Gasteiger partial charge < -0.3 is 9.47 Å². The van der Waals surface area contributed by atoms with E-state index >= 15 is 0 Å². The molecule has 3 heteroatoms. The molecule has 0 aliphatic rings. The zero-order valence-corrected chi connectivity index (χ0v) is 9.65. The second kappa shape index (κ2) is 5.39. The number of nitrogens with zero attached hydrogens (tertiary/aromatic N) is 1. The molecule has 0 spiro atoms. The predicted octanol–water partition coefficient (Wildman–Crippen LogP) is 3.06. The van der Waals surface area contributed by atoms with Crippen LogP contribution in [0.5, 0.6) is 11.5 Å². The maximum absolute atomic E-state index is 5.18. The van der Waals surface area contributed by atoms with Gasteiger partial charge in [0.1, 0.15) is 0 Å². The number of benzene rings is 1. The fourth-order valence-corrected chi connectivity index (χ4v) is 1.14. The highest BCUT2D eigenvalue weighted by Gasteiger charge is 2.03. The van der Waals surface area contributed by atoms with Gasteiger partial charge in [-0.15, -0.1) is 0 Å². The summed E-state index contributed by atoms with van der Waals surface area (Å²) in [6, 6.07) is 5.61. The van der Waals surface area contributed by atoms with Crippen LogP contribution >= 0.6 is 0 Å². The molecular formula is C12H17NO2. The fraction of sp³-hybridized carbons (Fsp3) is 0.417. The van der Waals surface area contributed by atoms with Crippen molar-refractivity contribution in [2.45, 2.75) is 13.8 Å². The van der Waals surface area contributed by atoms with Gasteiger partial charge in [-0.1, -0.05) is 13.8 Å². The van der Waals surface area contributed by atoms with Gasteiger partial charge in [-0.2, -0.15) is 0 Å². The molecule has 1 aromatic carbocycles. The molecule has 0 bridgehead atoms. The highest BCUT2D eigenvalue weighted by molar-refractivity contribution is 5.66. The summed E-state index contributed by atoms with van der Waals surface area (Å²) in [6.45, 7) is 4.18. The number of aliphatic imine (C=N–C) groups is 1. The monoisotopic (exact) mass is 207 g/mol. The van der Waals surface area contributed by atoms with Gasteiger partial charge in [-0.25, -0.2) is 0 Å². The van der Waals surface area contributed by atoms with Crippen molar-refractivity contribution in [3.8, 4) is 11.5 Å². The van der Waals surface area contributed by atoms with E-state index in [1.165, 1.54) is 0 Å². The van der Waals surface area contributed by atoms with E-state index in [-0.39, 0.29) is 0 Å². The summed E-state index contributed by atoms with van der Waals surface area (Å²) < 4.78 is 10.3. The zero-order chi connectivity index (χ0) is 11.3. The molecule has 15 heavy (non-hydrogen) atoms. The molecular weight excluding hydrogens is 190 g/mol. The van der Waals surface area contributed by atoms with Crippen molar-refractivity contribution < 1.29 is 9.47 Å². The number of ether oxygens (including phenoxy) is 2. The average Bonchev–Trinajstić information content (AvgIpc) is 2.25. The Bertz CT molecular complexity index is 345. The van der Waals surface area contributed by atoms with Gasteiger partial charge in [0.2, 0.25) is 0 Å². The third-order valence-corrected chi connectivity index (χ3v) is 1.89. The molecule has 82 valence electrons. The van der Waals surface area contributed by atoms with Crippen molar-refractivity contribution in [2.75, 3.05) is 14.2 Å². The second-order valence-electron chi connectivity index (χ2n) is 3.56. The molecule has 1 aromatic rings. The van der Waals surface area contributed by atoms with Crippen LogP contribution in [0.2, 0.25) is 0 Å². The van der Waals surface area contributed by atoms with Crippen LogP contribution in [0.25, 0.3) is 0 Å². The number of rotatable bonds is 4. The van der Waals surface area contributed by atoms with Crippen LogP contribution in [0.4, 0.5) is 5.69 Å². The summed E-state index contributed by atoms with van der Waals surface area (Å²) in [7, 11) is 3.24. The summed E-state index contributed by atoms with van der Waals surface area (Å²) in [5.41, 5.74) is 0.876. The molecule has 0 saturated heterocycles. The van der Waals surface area contributed by atoms with Crippen LogP contribution in [0, 0.1) is 5.92 Å². The first-order chi connectivity index (χ1) is 7.17. The maximum atomic E-state index is 5.18. The molecule has 0 saturated carbocycles. The first-order valence-electron chi connectivity index (χ1n) is 4.93. The molecule has 3 nitrogen and oxygen atoms in total. The Balaban J connectivity index is 2.93. The van der Waals surface area contributed by atoms with Crippen LogP contribution in [0.3, 0.4) is 0 Å². The van der Waals surface area contributed by atoms with Crippen molar-refractivity contribution in [3.63, 3.8) is 0 Å². The van der Waals surface area contributed by atoms with Crippen molar-refractivity contribution in [1.82, 2.24) is 0 Å². The van der Waals surface area contributed by atoms with E-state index in [2.05, 4.69) is 18.8 Å². The molecule has 0 N–H and O–H groups in total. The Hall–Kier alpha value is -1.51. The molecule has 1 rings (SSSR count). The Morgan fingerprint density at radius 2 is 1.80 bits per heavy atom. The highest BCUT2D eigenvalue weighted by Crippen LogP contribution is 2.30. The molecule has 0 aromatic heterocycles. The van der Waals surface area contributed by atoms with Crippen LogP contribution < -0.4 is 9.47 Å². The lowest BCUT2D eigenvalue weighted by Crippen LogP contribution is -1.90. The maximum Gasteiger partial charge on any atom is 0.162 e. The Morgan fingerprint density at radius 1 is 1.13 bits per heavy atom. The number of hydrogen-bond donors (Lipinski definition) is 0. The quantitative estimate of drug-likeness (QED) is 0.710. The van der Waals surface area contributed by atoms with Gasteiger partial charge in [0.05, 0.1) is 19.9 Å². The summed E-state index contributed by atoms with van der Waals surface area (Å²) in [6.07, 6.45) is 1.90. The summed E-state index contributed by atoms with van der Waals surface area (Å²) in [5, 5.41) is 0. The number of methoxy groups -OCH3 is 2. The highest BCUT2D eigenvalue weighted by atomic mass is 16.5. The van der Waals surface area contributed by atoms with Crippen LogP contribution in [0.1, 0.15) is 13.8 Å². The average molecular weight is 207 g/mol. The minimum absolute atomic E-state index is 0.443. The van der Waals surface area contributed by atoms with Gasteiger partial charge in [-0.3, -0.25) is 4.99 Å². The summed E-state index contributed by atoms with van der Waals surface area (Å²) >= 11 is 0.